The fourth-order valence-electron chi connectivity index (χ4n) is 0.970. The molecule has 1 atom stereocenters. The second kappa shape index (κ2) is 5.40. The molecule has 5 heteroatoms. The highest BCUT2D eigenvalue weighted by Crippen LogP contribution is 1.99. The number of nitrogens with zero attached hydrogens (tertiary/aromatic N) is 1. The molecule has 0 unspecified atom stereocenters. The van der Waals surface area contributed by atoms with E-state index in [9.17, 15) is 9.59 Å². The molecule has 76 valence electrons. The molecule has 0 saturated heterocycles. The molecule has 2 amide bonds. The van der Waals surface area contributed by atoms with Gasteiger partial charge in [0.25, 0.3) is 0 Å². The fraction of sp³-hybridized carbons (Fsp3) is 0.750. The summed E-state index contributed by atoms with van der Waals surface area (Å²) in [6.07, 6.45) is -0.434. The van der Waals surface area contributed by atoms with Gasteiger partial charge in [-0.15, -0.1) is 0 Å². The first-order valence-electron chi connectivity index (χ1n) is 4.03. The van der Waals surface area contributed by atoms with Crippen LogP contribution in [0.2, 0.25) is 0 Å². The average Bonchev–Trinajstić information content (AvgIpc) is 2.14. The second-order valence-electron chi connectivity index (χ2n) is 2.87. The molecule has 0 aromatic heterocycles. The van der Waals surface area contributed by atoms with Gasteiger partial charge in [0.1, 0.15) is 0 Å². The minimum Gasteiger partial charge on any atom is -0.453 e. The van der Waals surface area contributed by atoms with Crippen molar-refractivity contribution in [1.29, 1.82) is 0 Å². The number of hydrogen-bond donors (Lipinski definition) is 1. The summed E-state index contributed by atoms with van der Waals surface area (Å²) in [4.78, 5) is 23.4. The first kappa shape index (κ1) is 11.7. The predicted molar refractivity (Wildman–Crippen MR) is 48.3 cm³/mol. The zero-order valence-corrected chi connectivity index (χ0v) is 8.46. The summed E-state index contributed by atoms with van der Waals surface area (Å²) in [5.41, 5.74) is 0. The van der Waals surface area contributed by atoms with E-state index in [1.165, 1.54) is 12.0 Å². The Morgan fingerprint density at radius 3 is 2.46 bits per heavy atom. The third-order valence-corrected chi connectivity index (χ3v) is 1.73. The van der Waals surface area contributed by atoms with E-state index >= 15 is 0 Å². The van der Waals surface area contributed by atoms with Crippen molar-refractivity contribution in [2.75, 3.05) is 27.7 Å². The topological polar surface area (TPSA) is 58.6 Å². The highest BCUT2D eigenvalue weighted by atomic mass is 16.5. The summed E-state index contributed by atoms with van der Waals surface area (Å²) < 4.78 is 4.48. The van der Waals surface area contributed by atoms with Gasteiger partial charge >= 0.3 is 6.09 Å². The van der Waals surface area contributed by atoms with Crippen LogP contribution >= 0.6 is 0 Å². The summed E-state index contributed by atoms with van der Waals surface area (Å²) in [6.45, 7) is 2.10. The van der Waals surface area contributed by atoms with E-state index < -0.39 is 6.09 Å². The molecular formula is C8H16N2O3. The Bertz CT molecular complexity index is 174. The molecule has 0 saturated carbocycles. The SMILES string of the molecule is CNC(=O)[C@@H](C)CN(C)C(=O)OC. The molecular weight excluding hydrogens is 172 g/mol. The maximum absolute atomic E-state index is 11.1. The van der Waals surface area contributed by atoms with Crippen LogP contribution in [0.15, 0.2) is 0 Å². The van der Waals surface area contributed by atoms with Crippen molar-refractivity contribution >= 4 is 12.0 Å². The second-order valence-corrected chi connectivity index (χ2v) is 2.87. The van der Waals surface area contributed by atoms with Gasteiger partial charge in [-0.1, -0.05) is 6.92 Å². The van der Waals surface area contributed by atoms with Crippen LogP contribution < -0.4 is 5.32 Å². The molecule has 0 aliphatic rings. The van der Waals surface area contributed by atoms with Gasteiger partial charge in [-0.25, -0.2) is 4.79 Å². The Kier molecular flexibility index (Phi) is 4.87. The van der Waals surface area contributed by atoms with Crippen LogP contribution in [-0.2, 0) is 9.53 Å². The van der Waals surface area contributed by atoms with Crippen LogP contribution in [0, 0.1) is 5.92 Å². The maximum Gasteiger partial charge on any atom is 0.409 e. The summed E-state index contributed by atoms with van der Waals surface area (Å²) in [6, 6.07) is 0. The highest BCUT2D eigenvalue weighted by Gasteiger charge is 2.16. The Labute approximate surface area is 78.0 Å². The van der Waals surface area contributed by atoms with Crippen LogP contribution in [0.4, 0.5) is 4.79 Å². The van der Waals surface area contributed by atoms with Crippen molar-refractivity contribution in [3.8, 4) is 0 Å². The number of methoxy groups -OCH3 is 1. The van der Waals surface area contributed by atoms with Gasteiger partial charge in [-0.2, -0.15) is 0 Å². The molecule has 5 nitrogen and oxygen atoms in total. The Morgan fingerprint density at radius 1 is 1.54 bits per heavy atom. The van der Waals surface area contributed by atoms with E-state index in [1.54, 1.807) is 21.0 Å². The monoisotopic (exact) mass is 188 g/mol. The number of rotatable bonds is 3. The van der Waals surface area contributed by atoms with Gasteiger partial charge in [-0.05, 0) is 0 Å². The summed E-state index contributed by atoms with van der Waals surface area (Å²) in [5.74, 6) is -0.315. The lowest BCUT2D eigenvalue weighted by atomic mass is 10.1. The lowest BCUT2D eigenvalue weighted by Crippen LogP contribution is -2.37. The normalized spacial score (nSPS) is 11.7. The standard InChI is InChI=1S/C8H16N2O3/c1-6(7(11)9-2)5-10(3)8(12)13-4/h6H,5H2,1-4H3,(H,9,11)/t6-/m0/s1. The summed E-state index contributed by atoms with van der Waals surface area (Å²) in [5, 5.41) is 2.51. The molecule has 0 heterocycles. The van der Waals surface area contributed by atoms with Crippen LogP contribution in [0.25, 0.3) is 0 Å². The molecule has 1 N–H and O–H groups in total. The zero-order valence-electron chi connectivity index (χ0n) is 8.46. The number of carbonyl (C=O) groups is 2. The van der Waals surface area contributed by atoms with E-state index in [4.69, 9.17) is 0 Å². The maximum atomic E-state index is 11.1. The van der Waals surface area contributed by atoms with Gasteiger partial charge in [0.15, 0.2) is 0 Å². The third kappa shape index (κ3) is 3.78. The average molecular weight is 188 g/mol. The molecule has 13 heavy (non-hydrogen) atoms. The van der Waals surface area contributed by atoms with Crippen molar-refractivity contribution in [3.63, 3.8) is 0 Å². The summed E-state index contributed by atoms with van der Waals surface area (Å²) >= 11 is 0. The Morgan fingerprint density at radius 2 is 2.08 bits per heavy atom. The quantitative estimate of drug-likeness (QED) is 0.681. The number of hydrogen-bond acceptors (Lipinski definition) is 3. The lowest BCUT2D eigenvalue weighted by molar-refractivity contribution is -0.124. The zero-order chi connectivity index (χ0) is 10.4. The number of amides is 2. The molecule has 0 aromatic carbocycles. The smallest absolute Gasteiger partial charge is 0.409 e. The van der Waals surface area contributed by atoms with Gasteiger partial charge in [-0.3, -0.25) is 4.79 Å². The van der Waals surface area contributed by atoms with Crippen LogP contribution in [0.3, 0.4) is 0 Å². The fourth-order valence-corrected chi connectivity index (χ4v) is 0.970. The Balaban J connectivity index is 3.98. The van der Waals surface area contributed by atoms with Gasteiger partial charge in [0.05, 0.1) is 13.0 Å². The largest absolute Gasteiger partial charge is 0.453 e. The van der Waals surface area contributed by atoms with Crippen LogP contribution in [0.1, 0.15) is 6.92 Å². The van der Waals surface area contributed by atoms with E-state index in [2.05, 4.69) is 10.1 Å². The molecule has 0 rings (SSSR count). The van der Waals surface area contributed by atoms with Crippen LogP contribution in [-0.4, -0.2) is 44.7 Å². The van der Waals surface area contributed by atoms with Crippen molar-refractivity contribution in [2.45, 2.75) is 6.92 Å². The van der Waals surface area contributed by atoms with E-state index in [0.29, 0.717) is 6.54 Å². The number of nitrogens with one attached hydrogen (secondary N) is 1. The lowest BCUT2D eigenvalue weighted by Gasteiger charge is -2.18. The molecule has 0 aliphatic carbocycles. The minimum absolute atomic E-state index is 0.0873. The molecule has 0 spiro atoms. The van der Waals surface area contributed by atoms with E-state index in [1.807, 2.05) is 0 Å². The molecule has 0 radical (unpaired) electrons. The van der Waals surface area contributed by atoms with Crippen molar-refractivity contribution in [3.05, 3.63) is 0 Å². The summed E-state index contributed by atoms with van der Waals surface area (Å²) in [7, 11) is 4.46. The van der Waals surface area contributed by atoms with E-state index in [0.717, 1.165) is 0 Å². The van der Waals surface area contributed by atoms with Gasteiger partial charge in [0.2, 0.25) is 5.91 Å². The molecule has 0 aromatic rings. The predicted octanol–water partition coefficient (Wildman–Crippen LogP) is 0.0667. The van der Waals surface area contributed by atoms with Crippen molar-refractivity contribution in [2.24, 2.45) is 5.92 Å². The third-order valence-electron chi connectivity index (χ3n) is 1.73. The molecule has 0 aliphatic heterocycles. The minimum atomic E-state index is -0.434. The Hall–Kier alpha value is -1.26. The van der Waals surface area contributed by atoms with Crippen molar-refractivity contribution < 1.29 is 14.3 Å². The number of ether oxygens (including phenoxy) is 1. The van der Waals surface area contributed by atoms with Gasteiger partial charge in [0, 0.05) is 20.6 Å². The first-order chi connectivity index (χ1) is 6.02. The first-order valence-corrected chi connectivity index (χ1v) is 4.03. The van der Waals surface area contributed by atoms with Crippen molar-refractivity contribution in [1.82, 2.24) is 10.2 Å². The number of carbonyl (C=O) groups excluding carboxylic acids is 2. The highest BCUT2D eigenvalue weighted by molar-refractivity contribution is 5.78. The van der Waals surface area contributed by atoms with E-state index in [-0.39, 0.29) is 11.8 Å². The van der Waals surface area contributed by atoms with Gasteiger partial charge < -0.3 is 15.0 Å². The van der Waals surface area contributed by atoms with Crippen LogP contribution in [0.5, 0.6) is 0 Å². The molecule has 0 bridgehead atoms. The molecule has 0 fully saturated rings.